The molecule has 1 aromatic heterocycles. The minimum atomic E-state index is -3.89. The molecule has 4 aromatic rings. The molecule has 0 aliphatic heterocycles. The fourth-order valence-electron chi connectivity index (χ4n) is 2.80. The van der Waals surface area contributed by atoms with Crippen LogP contribution in [0, 0.1) is 6.92 Å². The normalized spacial score (nSPS) is 11.6. The van der Waals surface area contributed by atoms with Crippen molar-refractivity contribution in [3.05, 3.63) is 93.3 Å². The van der Waals surface area contributed by atoms with Crippen molar-refractivity contribution < 1.29 is 12.6 Å². The first kappa shape index (κ1) is 23.3. The van der Waals surface area contributed by atoms with E-state index in [0.29, 0.717) is 15.2 Å². The van der Waals surface area contributed by atoms with Crippen molar-refractivity contribution in [3.63, 3.8) is 0 Å². The molecule has 4 rings (SSSR count). The first-order valence-electron chi connectivity index (χ1n) is 9.61. The predicted octanol–water partition coefficient (Wildman–Crippen LogP) is 6.64. The van der Waals surface area contributed by atoms with Gasteiger partial charge < -0.3 is 4.18 Å². The molecule has 0 amide bonds. The van der Waals surface area contributed by atoms with E-state index in [1.807, 2.05) is 18.4 Å². The highest BCUT2D eigenvalue weighted by Gasteiger charge is 2.16. The van der Waals surface area contributed by atoms with Gasteiger partial charge in [0.1, 0.15) is 10.6 Å². The van der Waals surface area contributed by atoms with Gasteiger partial charge in [-0.3, -0.25) is 5.43 Å². The fraction of sp³-hybridized carbons (Fsp3) is 0.0435. The van der Waals surface area contributed by atoms with Crippen LogP contribution in [-0.4, -0.2) is 19.6 Å². The maximum atomic E-state index is 12.4. The van der Waals surface area contributed by atoms with E-state index >= 15 is 0 Å². The highest BCUT2D eigenvalue weighted by Crippen LogP contribution is 2.32. The van der Waals surface area contributed by atoms with E-state index < -0.39 is 10.1 Å². The number of hydrazone groups is 1. The maximum absolute atomic E-state index is 12.4. The summed E-state index contributed by atoms with van der Waals surface area (Å²) < 4.78 is 30.0. The smallest absolute Gasteiger partial charge is 0.339 e. The number of benzene rings is 3. The van der Waals surface area contributed by atoms with Gasteiger partial charge in [0, 0.05) is 16.0 Å². The van der Waals surface area contributed by atoms with Gasteiger partial charge in [-0.15, -0.1) is 11.3 Å². The standard InChI is InChI=1S/C23H17Cl2N3O3S2/c1-15-2-9-19(10-3-15)33(29,30)31-18-7-4-16(5-8-18)13-26-28-23-27-22(14-32-23)20-11-6-17(24)12-21(20)25/h2-14H,1H3,(H,27,28)/b26-13+. The molecule has 1 heterocycles. The fourth-order valence-corrected chi connectivity index (χ4v) is 4.89. The maximum Gasteiger partial charge on any atom is 0.339 e. The largest absolute Gasteiger partial charge is 0.379 e. The van der Waals surface area contributed by atoms with Crippen molar-refractivity contribution in [2.45, 2.75) is 11.8 Å². The van der Waals surface area contributed by atoms with Gasteiger partial charge in [-0.05, 0) is 67.1 Å². The lowest BCUT2D eigenvalue weighted by Crippen LogP contribution is -2.09. The Kier molecular flexibility index (Phi) is 6.99. The number of thiazole rings is 1. The summed E-state index contributed by atoms with van der Waals surface area (Å²) in [5.41, 5.74) is 6.09. The van der Waals surface area contributed by atoms with E-state index in [4.69, 9.17) is 27.4 Å². The lowest BCUT2D eigenvalue weighted by molar-refractivity contribution is 0.486. The first-order valence-corrected chi connectivity index (χ1v) is 12.7. The molecule has 168 valence electrons. The Hall–Kier alpha value is -2.91. The third-order valence-corrected chi connectivity index (χ3v) is 7.04. The number of aromatic nitrogens is 1. The number of hydrogen-bond acceptors (Lipinski definition) is 7. The number of halogens is 2. The van der Waals surface area contributed by atoms with Crippen molar-refractivity contribution in [1.82, 2.24) is 4.98 Å². The van der Waals surface area contributed by atoms with Crippen LogP contribution < -0.4 is 9.61 Å². The molecule has 10 heteroatoms. The zero-order valence-corrected chi connectivity index (χ0v) is 20.3. The number of nitrogens with zero attached hydrogens (tertiary/aromatic N) is 2. The van der Waals surface area contributed by atoms with Crippen LogP contribution >= 0.6 is 34.5 Å². The van der Waals surface area contributed by atoms with Crippen molar-refractivity contribution in [3.8, 4) is 17.0 Å². The molecule has 0 atom stereocenters. The van der Waals surface area contributed by atoms with Gasteiger partial charge in [0.2, 0.25) is 5.13 Å². The van der Waals surface area contributed by atoms with Gasteiger partial charge in [0.15, 0.2) is 0 Å². The Morgan fingerprint density at radius 2 is 1.76 bits per heavy atom. The molecule has 0 radical (unpaired) electrons. The molecule has 0 unspecified atom stereocenters. The third-order valence-electron chi connectivity index (χ3n) is 4.48. The summed E-state index contributed by atoms with van der Waals surface area (Å²) in [5.74, 6) is 0.213. The van der Waals surface area contributed by atoms with Gasteiger partial charge in [-0.1, -0.05) is 40.9 Å². The third kappa shape index (κ3) is 5.91. The molecule has 33 heavy (non-hydrogen) atoms. The molecular formula is C23H17Cl2N3O3S2. The molecule has 0 saturated carbocycles. The predicted molar refractivity (Wildman–Crippen MR) is 134 cm³/mol. The summed E-state index contributed by atoms with van der Waals surface area (Å²) in [5, 5.41) is 7.72. The number of aryl methyl sites for hydroxylation is 1. The summed E-state index contributed by atoms with van der Waals surface area (Å²) in [6, 6.07) is 18.2. The van der Waals surface area contributed by atoms with Crippen molar-refractivity contribution in [2.75, 3.05) is 5.43 Å². The van der Waals surface area contributed by atoms with Crippen LogP contribution in [0.4, 0.5) is 5.13 Å². The highest BCUT2D eigenvalue weighted by atomic mass is 35.5. The van der Waals surface area contributed by atoms with Gasteiger partial charge in [-0.25, -0.2) is 4.98 Å². The topological polar surface area (TPSA) is 80.7 Å². The summed E-state index contributed by atoms with van der Waals surface area (Å²) in [6.45, 7) is 1.88. The van der Waals surface area contributed by atoms with E-state index in [-0.39, 0.29) is 10.6 Å². The van der Waals surface area contributed by atoms with Crippen LogP contribution in [0.5, 0.6) is 5.75 Å². The molecule has 0 aliphatic rings. The zero-order chi connectivity index (χ0) is 23.4. The second-order valence-corrected chi connectivity index (χ2v) is 10.2. The van der Waals surface area contributed by atoms with E-state index in [9.17, 15) is 8.42 Å². The number of rotatable bonds is 7. The monoisotopic (exact) mass is 517 g/mol. The van der Waals surface area contributed by atoms with Crippen molar-refractivity contribution in [2.24, 2.45) is 5.10 Å². The second kappa shape index (κ2) is 9.93. The SMILES string of the molecule is Cc1ccc(S(=O)(=O)Oc2ccc(/C=N/Nc3nc(-c4ccc(Cl)cc4Cl)cs3)cc2)cc1. The summed E-state index contributed by atoms with van der Waals surface area (Å²) in [6.07, 6.45) is 1.59. The average molecular weight is 518 g/mol. The molecule has 0 spiro atoms. The van der Waals surface area contributed by atoms with Crippen molar-refractivity contribution >= 4 is 56.0 Å². The van der Waals surface area contributed by atoms with Crippen LogP contribution in [0.1, 0.15) is 11.1 Å². The molecule has 0 bridgehead atoms. The van der Waals surface area contributed by atoms with Crippen molar-refractivity contribution in [1.29, 1.82) is 0 Å². The molecule has 6 nitrogen and oxygen atoms in total. The van der Waals surface area contributed by atoms with Gasteiger partial charge in [0.05, 0.1) is 16.9 Å². The van der Waals surface area contributed by atoms with Gasteiger partial charge in [0.25, 0.3) is 0 Å². The Bertz CT molecular complexity index is 1400. The Balaban J connectivity index is 1.38. The average Bonchev–Trinajstić information content (AvgIpc) is 3.23. The molecule has 3 aromatic carbocycles. The quantitative estimate of drug-likeness (QED) is 0.169. The molecule has 0 saturated heterocycles. The lowest BCUT2D eigenvalue weighted by atomic mass is 10.2. The van der Waals surface area contributed by atoms with Gasteiger partial charge >= 0.3 is 10.1 Å². The van der Waals surface area contributed by atoms with E-state index in [1.165, 1.54) is 23.5 Å². The molecule has 1 N–H and O–H groups in total. The van der Waals surface area contributed by atoms with E-state index in [1.54, 1.807) is 54.7 Å². The summed E-state index contributed by atoms with van der Waals surface area (Å²) in [4.78, 5) is 4.57. The number of nitrogens with one attached hydrogen (secondary N) is 1. The number of anilines is 1. The number of hydrogen-bond donors (Lipinski definition) is 1. The van der Waals surface area contributed by atoms with E-state index in [0.717, 1.165) is 22.4 Å². The van der Waals surface area contributed by atoms with Gasteiger partial charge in [-0.2, -0.15) is 13.5 Å². The van der Waals surface area contributed by atoms with E-state index in [2.05, 4.69) is 15.5 Å². The Morgan fingerprint density at radius 1 is 1.03 bits per heavy atom. The second-order valence-electron chi connectivity index (χ2n) is 6.95. The summed E-state index contributed by atoms with van der Waals surface area (Å²) >= 11 is 13.6. The molecular weight excluding hydrogens is 501 g/mol. The molecule has 0 fully saturated rings. The lowest BCUT2D eigenvalue weighted by Gasteiger charge is -2.07. The van der Waals surface area contributed by atoms with Crippen LogP contribution in [0.3, 0.4) is 0 Å². The summed E-state index contributed by atoms with van der Waals surface area (Å²) in [7, 11) is -3.89. The Morgan fingerprint density at radius 3 is 2.45 bits per heavy atom. The highest BCUT2D eigenvalue weighted by molar-refractivity contribution is 7.87. The minimum absolute atomic E-state index is 0.102. The minimum Gasteiger partial charge on any atom is -0.379 e. The van der Waals surface area contributed by atoms with Crippen LogP contribution in [-0.2, 0) is 10.1 Å². The van der Waals surface area contributed by atoms with Crippen LogP contribution in [0.15, 0.2) is 82.1 Å². The van der Waals surface area contributed by atoms with Crippen LogP contribution in [0.2, 0.25) is 10.0 Å². The molecule has 0 aliphatic carbocycles. The Labute approximate surface area is 205 Å². The first-order chi connectivity index (χ1) is 15.8. The van der Waals surface area contributed by atoms with Crippen LogP contribution in [0.25, 0.3) is 11.3 Å². The zero-order valence-electron chi connectivity index (χ0n) is 17.2.